The van der Waals surface area contributed by atoms with Crippen molar-refractivity contribution in [3.63, 3.8) is 0 Å². The summed E-state index contributed by atoms with van der Waals surface area (Å²) in [6.07, 6.45) is -5.30. The van der Waals surface area contributed by atoms with Gasteiger partial charge in [0.2, 0.25) is 0 Å². The summed E-state index contributed by atoms with van der Waals surface area (Å²) >= 11 is 0. The molecule has 0 bridgehead atoms. The van der Waals surface area contributed by atoms with Crippen LogP contribution in [0.15, 0.2) is 4.79 Å². The maximum absolute atomic E-state index is 12.2. The van der Waals surface area contributed by atoms with E-state index in [4.69, 9.17) is 9.47 Å². The molecule has 23 heavy (non-hydrogen) atoms. The van der Waals surface area contributed by atoms with Crippen LogP contribution in [0.2, 0.25) is 0 Å². The third kappa shape index (κ3) is 3.20. The topological polar surface area (TPSA) is 143 Å². The Morgan fingerprint density at radius 1 is 1.39 bits per heavy atom. The van der Waals surface area contributed by atoms with Gasteiger partial charge in [-0.15, -0.1) is 0 Å². The molecule has 1 aliphatic rings. The molecule has 128 valence electrons. The Morgan fingerprint density at radius 2 is 2.04 bits per heavy atom. The number of ether oxygens (including phenoxy) is 2. The Bertz CT molecular complexity index is 660. The van der Waals surface area contributed by atoms with Crippen molar-refractivity contribution >= 4 is 11.6 Å². The molecule has 10 nitrogen and oxygen atoms in total. The molecule has 1 aromatic rings. The van der Waals surface area contributed by atoms with Crippen LogP contribution >= 0.6 is 0 Å². The fourth-order valence-electron chi connectivity index (χ4n) is 2.25. The molecular formula is C13H19N3O7. The number of aliphatic hydroxyl groups is 3. The maximum Gasteiger partial charge on any atom is 0.300 e. The highest BCUT2D eigenvalue weighted by molar-refractivity contribution is 5.98. The molecule has 0 unspecified atom stereocenters. The number of carbonyl (C=O) groups is 1. The van der Waals surface area contributed by atoms with Crippen LogP contribution in [0, 0.1) is 0 Å². The number of anilines is 1. The molecule has 0 radical (unpaired) electrons. The van der Waals surface area contributed by atoms with E-state index in [-0.39, 0.29) is 24.0 Å². The van der Waals surface area contributed by atoms with E-state index in [1.165, 1.54) is 21.1 Å². The van der Waals surface area contributed by atoms with Gasteiger partial charge in [0.15, 0.2) is 12.0 Å². The first-order valence-electron chi connectivity index (χ1n) is 6.86. The lowest BCUT2D eigenvalue weighted by atomic mass is 10.0. The third-order valence-corrected chi connectivity index (χ3v) is 3.56. The van der Waals surface area contributed by atoms with E-state index in [1.807, 2.05) is 0 Å². The summed E-state index contributed by atoms with van der Waals surface area (Å²) in [5.74, 6) is -0.667. The minimum absolute atomic E-state index is 0.0478. The number of methoxy groups -OCH3 is 1. The Hall–Kier alpha value is -2.01. The molecule has 2 heterocycles. The van der Waals surface area contributed by atoms with Gasteiger partial charge in [-0.25, -0.2) is 0 Å². The van der Waals surface area contributed by atoms with Crippen LogP contribution in [0.5, 0.6) is 6.01 Å². The van der Waals surface area contributed by atoms with E-state index in [2.05, 4.69) is 10.3 Å². The van der Waals surface area contributed by atoms with Crippen LogP contribution in [-0.4, -0.2) is 68.9 Å². The van der Waals surface area contributed by atoms with Crippen LogP contribution in [0.1, 0.15) is 17.3 Å². The highest BCUT2D eigenvalue weighted by Crippen LogP contribution is 2.20. The Morgan fingerprint density at radius 3 is 2.61 bits per heavy atom. The van der Waals surface area contributed by atoms with E-state index in [1.54, 1.807) is 0 Å². The van der Waals surface area contributed by atoms with Gasteiger partial charge in [0.05, 0.1) is 13.7 Å². The van der Waals surface area contributed by atoms with E-state index in [9.17, 15) is 24.9 Å². The summed E-state index contributed by atoms with van der Waals surface area (Å²) in [4.78, 5) is 28.0. The monoisotopic (exact) mass is 329 g/mol. The van der Waals surface area contributed by atoms with E-state index < -0.39 is 35.9 Å². The molecule has 0 aliphatic carbocycles. The molecule has 2 rings (SSSR count). The number of aromatic nitrogens is 2. The Kier molecular flexibility index (Phi) is 5.00. The van der Waals surface area contributed by atoms with Gasteiger partial charge in [-0.2, -0.15) is 4.98 Å². The van der Waals surface area contributed by atoms with Crippen LogP contribution in [0.3, 0.4) is 0 Å². The van der Waals surface area contributed by atoms with E-state index in [0.717, 1.165) is 4.57 Å². The molecule has 10 heteroatoms. The molecule has 0 amide bonds. The second kappa shape index (κ2) is 6.62. The molecule has 0 spiro atoms. The smallest absolute Gasteiger partial charge is 0.300 e. The number of nitrogens with zero attached hydrogens (tertiary/aromatic N) is 2. The highest BCUT2D eigenvalue weighted by atomic mass is 16.5. The molecule has 4 N–H and O–H groups in total. The first-order chi connectivity index (χ1) is 10.8. The molecular weight excluding hydrogens is 310 g/mol. The van der Waals surface area contributed by atoms with Crippen molar-refractivity contribution in [1.82, 2.24) is 9.55 Å². The molecule has 0 aromatic carbocycles. The zero-order valence-corrected chi connectivity index (χ0v) is 12.9. The molecule has 1 saturated heterocycles. The van der Waals surface area contributed by atoms with Gasteiger partial charge in [0.1, 0.15) is 29.7 Å². The number of ketones is 1. The van der Waals surface area contributed by atoms with Crippen molar-refractivity contribution in [2.75, 3.05) is 19.0 Å². The van der Waals surface area contributed by atoms with Gasteiger partial charge in [-0.1, -0.05) is 0 Å². The van der Waals surface area contributed by atoms with Gasteiger partial charge < -0.3 is 30.1 Å². The van der Waals surface area contributed by atoms with Crippen LogP contribution in [0.4, 0.5) is 5.82 Å². The molecule has 4 atom stereocenters. The average Bonchev–Trinajstić information content (AvgIpc) is 2.50. The van der Waals surface area contributed by atoms with Crippen LogP contribution in [-0.2, 0) is 11.8 Å². The van der Waals surface area contributed by atoms with Gasteiger partial charge in [-0.05, 0) is 6.92 Å². The summed E-state index contributed by atoms with van der Waals surface area (Å²) in [6.45, 7) is 0.972. The quantitative estimate of drug-likeness (QED) is 0.454. The molecule has 1 aliphatic heterocycles. The number of hydrogen-bond donors (Lipinski definition) is 4. The zero-order chi connectivity index (χ0) is 17.3. The number of carbonyl (C=O) groups excluding carboxylic acids is 1. The summed E-state index contributed by atoms with van der Waals surface area (Å²) in [5.41, 5.74) is -0.859. The minimum Gasteiger partial charge on any atom is -0.468 e. The Labute approximate surface area is 131 Å². The number of hydrogen-bond acceptors (Lipinski definition) is 9. The van der Waals surface area contributed by atoms with Crippen molar-refractivity contribution in [2.24, 2.45) is 7.05 Å². The SMILES string of the molecule is COc1nc(N[C@H]2OC[C@@H](O)[C@@H](O)[C@H]2O)c(C(C)=O)c(=O)n1C. The van der Waals surface area contributed by atoms with Gasteiger partial charge in [-0.3, -0.25) is 14.2 Å². The maximum atomic E-state index is 12.2. The molecule has 1 fully saturated rings. The highest BCUT2D eigenvalue weighted by Gasteiger charge is 2.38. The van der Waals surface area contributed by atoms with Gasteiger partial charge >= 0.3 is 6.01 Å². The van der Waals surface area contributed by atoms with Crippen molar-refractivity contribution < 1.29 is 29.6 Å². The fraction of sp³-hybridized carbons (Fsp3) is 0.615. The standard InChI is InChI=1S/C13H19N3O7/c1-5(17)7-10(15-13(22-3)16(2)12(7)21)14-11-9(20)8(19)6(18)4-23-11/h6,8-9,11,14,18-20H,4H2,1-3H3/t6-,8-,9-,11+/m1/s1. The van der Waals surface area contributed by atoms with Gasteiger partial charge in [0, 0.05) is 7.05 Å². The summed E-state index contributed by atoms with van der Waals surface area (Å²) in [5, 5.41) is 31.6. The van der Waals surface area contributed by atoms with E-state index >= 15 is 0 Å². The fourth-order valence-corrected chi connectivity index (χ4v) is 2.25. The Balaban J connectivity index is 2.41. The lowest BCUT2D eigenvalue weighted by Crippen LogP contribution is -2.55. The lowest BCUT2D eigenvalue weighted by molar-refractivity contribution is -0.178. The largest absolute Gasteiger partial charge is 0.468 e. The van der Waals surface area contributed by atoms with Crippen molar-refractivity contribution in [3.05, 3.63) is 15.9 Å². The van der Waals surface area contributed by atoms with E-state index in [0.29, 0.717) is 0 Å². The number of aliphatic hydroxyl groups excluding tert-OH is 3. The molecule has 1 aromatic heterocycles. The number of Topliss-reactive ketones (excluding diaryl/α,β-unsaturated/α-hetero) is 1. The predicted molar refractivity (Wildman–Crippen MR) is 77.4 cm³/mol. The summed E-state index contributed by atoms with van der Waals surface area (Å²) < 4.78 is 11.2. The third-order valence-electron chi connectivity index (χ3n) is 3.56. The minimum atomic E-state index is -1.48. The molecule has 0 saturated carbocycles. The summed E-state index contributed by atoms with van der Waals surface area (Å²) in [6, 6.07) is -0.0478. The number of rotatable bonds is 4. The predicted octanol–water partition coefficient (Wildman–Crippen LogP) is -2.16. The second-order valence-electron chi connectivity index (χ2n) is 5.19. The van der Waals surface area contributed by atoms with Crippen molar-refractivity contribution in [3.8, 4) is 6.01 Å². The first-order valence-corrected chi connectivity index (χ1v) is 6.86. The van der Waals surface area contributed by atoms with Crippen molar-refractivity contribution in [2.45, 2.75) is 31.5 Å². The lowest BCUT2D eigenvalue weighted by Gasteiger charge is -2.35. The summed E-state index contributed by atoms with van der Waals surface area (Å²) in [7, 11) is 2.71. The van der Waals surface area contributed by atoms with Crippen LogP contribution < -0.4 is 15.6 Å². The first kappa shape index (κ1) is 17.3. The average molecular weight is 329 g/mol. The zero-order valence-electron chi connectivity index (χ0n) is 12.9. The van der Waals surface area contributed by atoms with Gasteiger partial charge in [0.25, 0.3) is 5.56 Å². The van der Waals surface area contributed by atoms with Crippen LogP contribution in [0.25, 0.3) is 0 Å². The normalized spacial score (nSPS) is 27.6. The number of nitrogens with one attached hydrogen (secondary N) is 1. The van der Waals surface area contributed by atoms with Crippen molar-refractivity contribution in [1.29, 1.82) is 0 Å². The second-order valence-corrected chi connectivity index (χ2v) is 5.19.